The molecule has 0 unspecified atom stereocenters. The molecule has 0 aliphatic rings. The fourth-order valence-electron chi connectivity index (χ4n) is 1.65. The third-order valence-electron chi connectivity index (χ3n) is 2.78. The molecular weight excluding hydrogens is 279 g/mol. The van der Waals surface area contributed by atoms with Crippen LogP contribution in [0.15, 0.2) is 47.4 Å². The number of rotatable bonds is 5. The molecule has 0 heterocycles. The molecule has 104 valence electrons. The normalized spacial score (nSPS) is 10.5. The highest BCUT2D eigenvalue weighted by Gasteiger charge is 2.09. The number of carboxylic acid groups (broad SMARTS) is 1. The first kappa shape index (κ1) is 14.6. The number of carboxylic acids is 1. The van der Waals surface area contributed by atoms with Gasteiger partial charge in [0.25, 0.3) is 0 Å². The van der Waals surface area contributed by atoms with Crippen molar-refractivity contribution in [3.05, 3.63) is 65.0 Å². The summed E-state index contributed by atoms with van der Waals surface area (Å²) in [6, 6.07) is 11.1. The molecule has 0 saturated heterocycles. The minimum absolute atomic E-state index is 0.0112. The first-order valence-electron chi connectivity index (χ1n) is 5.94. The molecule has 2 aromatic carbocycles. The summed E-state index contributed by atoms with van der Waals surface area (Å²) >= 11 is 1.24. The highest BCUT2D eigenvalue weighted by atomic mass is 32.2. The van der Waals surface area contributed by atoms with Crippen molar-refractivity contribution >= 4 is 17.7 Å². The molecule has 0 fully saturated rings. The molecule has 0 atom stereocenters. The summed E-state index contributed by atoms with van der Waals surface area (Å²) in [7, 11) is 0. The van der Waals surface area contributed by atoms with Gasteiger partial charge in [0, 0.05) is 10.6 Å². The van der Waals surface area contributed by atoms with Crippen molar-refractivity contribution in [3.63, 3.8) is 0 Å². The second-order valence-electron chi connectivity index (χ2n) is 4.21. The predicted molar refractivity (Wildman–Crippen MR) is 75.3 cm³/mol. The van der Waals surface area contributed by atoms with E-state index in [1.807, 2.05) is 12.1 Å². The van der Waals surface area contributed by atoms with Crippen LogP contribution >= 0.6 is 11.8 Å². The van der Waals surface area contributed by atoms with Crippen LogP contribution in [0.1, 0.15) is 21.5 Å². The molecule has 0 radical (unpaired) electrons. The lowest BCUT2D eigenvalue weighted by Gasteiger charge is -2.05. The van der Waals surface area contributed by atoms with Gasteiger partial charge in [-0.1, -0.05) is 24.3 Å². The maximum atomic E-state index is 13.6. The van der Waals surface area contributed by atoms with Crippen molar-refractivity contribution in [2.45, 2.75) is 17.3 Å². The molecule has 0 spiro atoms. The molecule has 20 heavy (non-hydrogen) atoms. The van der Waals surface area contributed by atoms with Gasteiger partial charge in [0.15, 0.2) is 0 Å². The standard InChI is InChI=1S/C15H13FO3S/c16-13-6-5-12(15(18)19)7-14(13)20-9-11-3-1-10(8-17)2-4-11/h1-7,17H,8-9H2,(H,18,19). The van der Waals surface area contributed by atoms with E-state index in [0.717, 1.165) is 11.1 Å². The van der Waals surface area contributed by atoms with Crippen molar-refractivity contribution in [2.24, 2.45) is 0 Å². The number of thioether (sulfide) groups is 1. The van der Waals surface area contributed by atoms with Crippen molar-refractivity contribution < 1.29 is 19.4 Å². The van der Waals surface area contributed by atoms with E-state index in [1.165, 1.54) is 30.0 Å². The number of carbonyl (C=O) groups is 1. The fraction of sp³-hybridized carbons (Fsp3) is 0.133. The topological polar surface area (TPSA) is 57.5 Å². The molecular formula is C15H13FO3S. The van der Waals surface area contributed by atoms with Crippen LogP contribution < -0.4 is 0 Å². The highest BCUT2D eigenvalue weighted by molar-refractivity contribution is 7.98. The van der Waals surface area contributed by atoms with Gasteiger partial charge in [-0.15, -0.1) is 11.8 Å². The average Bonchev–Trinajstić information content (AvgIpc) is 2.46. The average molecular weight is 292 g/mol. The number of aliphatic hydroxyl groups is 1. The number of aromatic carboxylic acids is 1. The Morgan fingerprint density at radius 2 is 1.75 bits per heavy atom. The lowest BCUT2D eigenvalue weighted by atomic mass is 10.2. The van der Waals surface area contributed by atoms with Gasteiger partial charge in [-0.25, -0.2) is 9.18 Å². The van der Waals surface area contributed by atoms with Crippen LogP contribution in [0.25, 0.3) is 0 Å². The van der Waals surface area contributed by atoms with Gasteiger partial charge in [-0.2, -0.15) is 0 Å². The molecule has 0 saturated carbocycles. The van der Waals surface area contributed by atoms with Crippen LogP contribution in [-0.2, 0) is 12.4 Å². The second-order valence-corrected chi connectivity index (χ2v) is 5.23. The van der Waals surface area contributed by atoms with Crippen LogP contribution in [0.2, 0.25) is 0 Å². The van der Waals surface area contributed by atoms with E-state index in [1.54, 1.807) is 12.1 Å². The van der Waals surface area contributed by atoms with E-state index < -0.39 is 11.8 Å². The molecule has 0 aliphatic heterocycles. The molecule has 0 amide bonds. The molecule has 2 N–H and O–H groups in total. The number of benzene rings is 2. The zero-order valence-electron chi connectivity index (χ0n) is 10.5. The summed E-state index contributed by atoms with van der Waals surface area (Å²) in [5.74, 6) is -0.961. The van der Waals surface area contributed by atoms with Gasteiger partial charge in [0.1, 0.15) is 5.82 Å². The number of hydrogen-bond acceptors (Lipinski definition) is 3. The summed E-state index contributed by atoms with van der Waals surface area (Å²) in [5, 5.41) is 17.8. The SMILES string of the molecule is O=C(O)c1ccc(F)c(SCc2ccc(CO)cc2)c1. The predicted octanol–water partition coefficient (Wildman–Crippen LogP) is 3.31. The maximum absolute atomic E-state index is 13.6. The van der Waals surface area contributed by atoms with Crippen molar-refractivity contribution in [1.29, 1.82) is 0 Å². The van der Waals surface area contributed by atoms with Crippen LogP contribution in [0.4, 0.5) is 4.39 Å². The van der Waals surface area contributed by atoms with Crippen LogP contribution in [0, 0.1) is 5.82 Å². The van der Waals surface area contributed by atoms with Gasteiger partial charge in [0.05, 0.1) is 12.2 Å². The van der Waals surface area contributed by atoms with Crippen molar-refractivity contribution in [2.75, 3.05) is 0 Å². The highest BCUT2D eigenvalue weighted by Crippen LogP contribution is 2.26. The Morgan fingerprint density at radius 1 is 1.10 bits per heavy atom. The van der Waals surface area contributed by atoms with Gasteiger partial charge in [-0.3, -0.25) is 0 Å². The van der Waals surface area contributed by atoms with E-state index in [4.69, 9.17) is 10.2 Å². The van der Waals surface area contributed by atoms with E-state index in [9.17, 15) is 9.18 Å². The Labute approximate surface area is 120 Å². The minimum Gasteiger partial charge on any atom is -0.478 e. The zero-order chi connectivity index (χ0) is 14.5. The van der Waals surface area contributed by atoms with Gasteiger partial charge in [-0.05, 0) is 29.3 Å². The first-order valence-corrected chi connectivity index (χ1v) is 6.93. The molecule has 2 aromatic rings. The number of halogens is 1. The first-order chi connectivity index (χ1) is 9.60. The Bertz CT molecular complexity index is 611. The van der Waals surface area contributed by atoms with Crippen LogP contribution in [-0.4, -0.2) is 16.2 Å². The third kappa shape index (κ3) is 3.59. The summed E-state index contributed by atoms with van der Waals surface area (Å²) in [4.78, 5) is 11.2. The molecule has 0 bridgehead atoms. The van der Waals surface area contributed by atoms with Crippen molar-refractivity contribution in [3.8, 4) is 0 Å². The monoisotopic (exact) mass is 292 g/mol. The number of aliphatic hydroxyl groups excluding tert-OH is 1. The zero-order valence-corrected chi connectivity index (χ0v) is 11.4. The molecule has 0 aromatic heterocycles. The molecule has 5 heteroatoms. The third-order valence-corrected chi connectivity index (χ3v) is 3.88. The van der Waals surface area contributed by atoms with Crippen LogP contribution in [0.3, 0.4) is 0 Å². The van der Waals surface area contributed by atoms with E-state index >= 15 is 0 Å². The Morgan fingerprint density at radius 3 is 2.35 bits per heavy atom. The Hall–Kier alpha value is -1.85. The van der Waals surface area contributed by atoms with E-state index in [0.29, 0.717) is 10.6 Å². The molecule has 3 nitrogen and oxygen atoms in total. The largest absolute Gasteiger partial charge is 0.478 e. The lowest BCUT2D eigenvalue weighted by Crippen LogP contribution is -1.97. The minimum atomic E-state index is -1.07. The lowest BCUT2D eigenvalue weighted by molar-refractivity contribution is 0.0696. The molecule has 2 rings (SSSR count). The summed E-state index contributed by atoms with van der Waals surface area (Å²) in [5.41, 5.74) is 1.87. The van der Waals surface area contributed by atoms with E-state index in [2.05, 4.69) is 0 Å². The molecule has 0 aliphatic carbocycles. The summed E-state index contributed by atoms with van der Waals surface area (Å²) in [6.45, 7) is -0.0112. The number of hydrogen-bond donors (Lipinski definition) is 2. The summed E-state index contributed by atoms with van der Waals surface area (Å²) in [6.07, 6.45) is 0. The fourth-order valence-corrected chi connectivity index (χ4v) is 2.58. The Balaban J connectivity index is 2.09. The smallest absolute Gasteiger partial charge is 0.335 e. The van der Waals surface area contributed by atoms with Crippen LogP contribution in [0.5, 0.6) is 0 Å². The maximum Gasteiger partial charge on any atom is 0.335 e. The van der Waals surface area contributed by atoms with Crippen molar-refractivity contribution in [1.82, 2.24) is 0 Å². The van der Waals surface area contributed by atoms with Gasteiger partial charge >= 0.3 is 5.97 Å². The second kappa shape index (κ2) is 6.54. The quantitative estimate of drug-likeness (QED) is 0.830. The summed E-state index contributed by atoms with van der Waals surface area (Å²) < 4.78 is 13.6. The van der Waals surface area contributed by atoms with E-state index in [-0.39, 0.29) is 12.2 Å². The van der Waals surface area contributed by atoms with Gasteiger partial charge < -0.3 is 10.2 Å². The Kier molecular flexibility index (Phi) is 4.76. The van der Waals surface area contributed by atoms with Gasteiger partial charge in [0.2, 0.25) is 0 Å².